The minimum atomic E-state index is -0.996. The number of hydrogen-bond acceptors (Lipinski definition) is 9. The molecule has 0 aliphatic carbocycles. The van der Waals surface area contributed by atoms with Gasteiger partial charge in [0.25, 0.3) is 5.78 Å². The molecule has 1 aliphatic rings. The van der Waals surface area contributed by atoms with E-state index >= 15 is 0 Å². The van der Waals surface area contributed by atoms with E-state index in [2.05, 4.69) is 4.98 Å². The number of amides is 1. The number of anilines is 1. The number of aliphatic hydroxyl groups excluding tert-OH is 1. The van der Waals surface area contributed by atoms with E-state index in [1.54, 1.807) is 60.7 Å². The first-order valence-electron chi connectivity index (χ1n) is 13.1. The first kappa shape index (κ1) is 27.9. The molecule has 1 unspecified atom stereocenters. The molecule has 1 atom stereocenters. The third-order valence-electron chi connectivity index (χ3n) is 6.56. The normalized spacial score (nSPS) is 16.3. The minimum Gasteiger partial charge on any atom is -0.507 e. The molecule has 4 aromatic rings. The molecule has 0 radical (unpaired) electrons. The van der Waals surface area contributed by atoms with E-state index in [-0.39, 0.29) is 11.3 Å². The summed E-state index contributed by atoms with van der Waals surface area (Å²) >= 11 is 1.24. The number of hydrogen-bond donors (Lipinski definition) is 1. The number of ketones is 1. The van der Waals surface area contributed by atoms with Crippen LogP contribution in [0.25, 0.3) is 16.0 Å². The highest BCUT2D eigenvalue weighted by Gasteiger charge is 2.48. The van der Waals surface area contributed by atoms with Gasteiger partial charge in [-0.2, -0.15) is 0 Å². The first-order chi connectivity index (χ1) is 19.9. The van der Waals surface area contributed by atoms with Crippen LogP contribution in [0.3, 0.4) is 0 Å². The van der Waals surface area contributed by atoms with Gasteiger partial charge in [0.2, 0.25) is 0 Å². The van der Waals surface area contributed by atoms with Crippen molar-refractivity contribution in [3.05, 3.63) is 89.0 Å². The molecule has 0 bridgehead atoms. The number of thiazole rings is 1. The van der Waals surface area contributed by atoms with Gasteiger partial charge in [0.1, 0.15) is 17.3 Å². The first-order valence-corrected chi connectivity index (χ1v) is 13.9. The van der Waals surface area contributed by atoms with Crippen molar-refractivity contribution >= 4 is 50.1 Å². The number of nitrogens with zero attached hydrogens (tertiary/aromatic N) is 2. The fraction of sp³-hybridized carbons (Fsp3) is 0.226. The molecule has 1 aromatic heterocycles. The van der Waals surface area contributed by atoms with Crippen molar-refractivity contribution in [1.82, 2.24) is 4.98 Å². The van der Waals surface area contributed by atoms with Gasteiger partial charge in [-0.15, -0.1) is 0 Å². The maximum absolute atomic E-state index is 13.6. The Labute approximate surface area is 240 Å². The zero-order valence-electron chi connectivity index (χ0n) is 22.7. The lowest BCUT2D eigenvalue weighted by molar-refractivity contribution is -0.132. The lowest BCUT2D eigenvalue weighted by Gasteiger charge is -2.23. The molecule has 1 saturated heterocycles. The lowest BCUT2D eigenvalue weighted by atomic mass is 9.94. The summed E-state index contributed by atoms with van der Waals surface area (Å²) in [6.07, 6.45) is 0.846. The topological polar surface area (TPSA) is 115 Å². The van der Waals surface area contributed by atoms with Crippen molar-refractivity contribution < 1.29 is 33.7 Å². The molecule has 9 nitrogen and oxygen atoms in total. The highest BCUT2D eigenvalue weighted by molar-refractivity contribution is 7.22. The molecule has 1 N–H and O–H groups in total. The molecule has 1 amide bonds. The summed E-state index contributed by atoms with van der Waals surface area (Å²) < 4.78 is 16.8. The Morgan fingerprint density at radius 2 is 1.63 bits per heavy atom. The fourth-order valence-electron chi connectivity index (χ4n) is 4.60. The Hall–Kier alpha value is -4.70. The van der Waals surface area contributed by atoms with Gasteiger partial charge < -0.3 is 19.3 Å². The second-order valence-electron chi connectivity index (χ2n) is 9.21. The van der Waals surface area contributed by atoms with Gasteiger partial charge in [-0.1, -0.05) is 30.4 Å². The van der Waals surface area contributed by atoms with Crippen LogP contribution in [0.4, 0.5) is 5.13 Å². The maximum Gasteiger partial charge on any atom is 0.337 e. The van der Waals surface area contributed by atoms with Crippen LogP contribution < -0.4 is 14.4 Å². The smallest absolute Gasteiger partial charge is 0.337 e. The molecule has 1 aliphatic heterocycles. The third-order valence-corrected chi connectivity index (χ3v) is 7.58. The molecular formula is C31H28N2O7S. The second kappa shape index (κ2) is 11.8. The zero-order valence-corrected chi connectivity index (χ0v) is 23.6. The van der Waals surface area contributed by atoms with Crippen LogP contribution in [0.5, 0.6) is 11.5 Å². The molecule has 210 valence electrons. The number of Topliss-reactive ketones (excluding diaryl/α,β-unsaturated/α-hetero) is 1. The maximum atomic E-state index is 13.6. The molecule has 10 heteroatoms. The molecular weight excluding hydrogens is 544 g/mol. The summed E-state index contributed by atoms with van der Waals surface area (Å²) in [5, 5.41) is 11.7. The monoisotopic (exact) mass is 572 g/mol. The summed E-state index contributed by atoms with van der Waals surface area (Å²) in [7, 11) is 1.29. The van der Waals surface area contributed by atoms with Crippen LogP contribution in [0.2, 0.25) is 0 Å². The van der Waals surface area contributed by atoms with Gasteiger partial charge in [-0.25, -0.2) is 9.78 Å². The molecule has 5 rings (SSSR count). The van der Waals surface area contributed by atoms with Gasteiger partial charge in [0.05, 0.1) is 47.7 Å². The van der Waals surface area contributed by atoms with Crippen molar-refractivity contribution in [2.75, 3.05) is 25.2 Å². The molecule has 0 spiro atoms. The zero-order chi connectivity index (χ0) is 29.1. The van der Waals surface area contributed by atoms with Crippen LogP contribution in [0.15, 0.2) is 72.3 Å². The van der Waals surface area contributed by atoms with Gasteiger partial charge in [-0.05, 0) is 73.5 Å². The molecule has 41 heavy (non-hydrogen) atoms. The number of rotatable bonds is 9. The van der Waals surface area contributed by atoms with Gasteiger partial charge in [0, 0.05) is 5.56 Å². The van der Waals surface area contributed by atoms with E-state index in [4.69, 9.17) is 14.2 Å². The standard InChI is InChI=1S/C31H28N2O7S/c1-4-16-40-21-12-10-19(11-13-21)27(34)25-26(18-6-8-20(9-7-18)30(37)38-3)33(29(36)28(25)35)31-32-23-15-14-22(39-5-2)17-24(23)41-31/h6-15,17,26,34H,4-5,16H2,1-3H3/b27-25+. The van der Waals surface area contributed by atoms with Gasteiger partial charge >= 0.3 is 11.9 Å². The number of aliphatic hydroxyl groups is 1. The number of carbonyl (C=O) groups excluding carboxylic acids is 3. The summed E-state index contributed by atoms with van der Waals surface area (Å²) in [6, 6.07) is 17.5. The Morgan fingerprint density at radius 3 is 2.29 bits per heavy atom. The number of aromatic nitrogens is 1. The Bertz CT molecular complexity index is 1640. The van der Waals surface area contributed by atoms with Crippen LogP contribution in [-0.4, -0.2) is 48.1 Å². The molecule has 1 fully saturated rings. The average molecular weight is 573 g/mol. The van der Waals surface area contributed by atoms with Crippen LogP contribution in [-0.2, 0) is 14.3 Å². The fourth-order valence-corrected chi connectivity index (χ4v) is 5.62. The minimum absolute atomic E-state index is 0.0858. The molecule has 3 aromatic carbocycles. The largest absolute Gasteiger partial charge is 0.507 e. The second-order valence-corrected chi connectivity index (χ2v) is 10.2. The highest BCUT2D eigenvalue weighted by atomic mass is 32.1. The van der Waals surface area contributed by atoms with E-state index in [0.29, 0.717) is 52.1 Å². The summed E-state index contributed by atoms with van der Waals surface area (Å²) in [5.41, 5.74) is 1.72. The van der Waals surface area contributed by atoms with Crippen molar-refractivity contribution in [3.8, 4) is 11.5 Å². The Morgan fingerprint density at radius 1 is 0.951 bits per heavy atom. The number of fused-ring (bicyclic) bond motifs is 1. The number of methoxy groups -OCH3 is 1. The summed E-state index contributed by atoms with van der Waals surface area (Å²) in [4.78, 5) is 45.1. The van der Waals surface area contributed by atoms with E-state index in [0.717, 1.165) is 11.1 Å². The van der Waals surface area contributed by atoms with Crippen LogP contribution >= 0.6 is 11.3 Å². The quantitative estimate of drug-likeness (QED) is 0.114. The SMILES string of the molecule is CCCOc1ccc(/C(O)=C2\C(=O)C(=O)N(c3nc4ccc(OCC)cc4s3)C2c2ccc(C(=O)OC)cc2)cc1. The van der Waals surface area contributed by atoms with Crippen molar-refractivity contribution in [3.63, 3.8) is 0 Å². The summed E-state index contributed by atoms with van der Waals surface area (Å²) in [5.74, 6) is -1.22. The van der Waals surface area contributed by atoms with Crippen molar-refractivity contribution in [1.29, 1.82) is 0 Å². The average Bonchev–Trinajstić information content (AvgIpc) is 3.53. The predicted octanol–water partition coefficient (Wildman–Crippen LogP) is 5.90. The molecule has 0 saturated carbocycles. The number of ether oxygens (including phenoxy) is 3. The van der Waals surface area contributed by atoms with Crippen LogP contribution in [0, 0.1) is 0 Å². The molecule has 2 heterocycles. The van der Waals surface area contributed by atoms with Gasteiger partial charge in [0.15, 0.2) is 5.13 Å². The van der Waals surface area contributed by atoms with Crippen LogP contribution in [0.1, 0.15) is 47.8 Å². The highest BCUT2D eigenvalue weighted by Crippen LogP contribution is 2.44. The number of benzene rings is 3. The van der Waals surface area contributed by atoms with Crippen molar-refractivity contribution in [2.45, 2.75) is 26.3 Å². The number of carbonyl (C=O) groups is 3. The Balaban J connectivity index is 1.63. The predicted molar refractivity (Wildman–Crippen MR) is 156 cm³/mol. The summed E-state index contributed by atoms with van der Waals surface area (Å²) in [6.45, 7) is 4.94. The van der Waals surface area contributed by atoms with E-state index in [1.165, 1.54) is 23.3 Å². The Kier molecular flexibility index (Phi) is 8.02. The lowest BCUT2D eigenvalue weighted by Crippen LogP contribution is -2.29. The van der Waals surface area contributed by atoms with Gasteiger partial charge in [-0.3, -0.25) is 14.5 Å². The van der Waals surface area contributed by atoms with E-state index in [1.807, 2.05) is 19.9 Å². The third kappa shape index (κ3) is 5.38. The number of esters is 1. The van der Waals surface area contributed by atoms with E-state index in [9.17, 15) is 19.5 Å². The van der Waals surface area contributed by atoms with E-state index < -0.39 is 23.7 Å². The van der Waals surface area contributed by atoms with Crippen molar-refractivity contribution in [2.24, 2.45) is 0 Å².